The highest BCUT2D eigenvalue weighted by molar-refractivity contribution is 5.92. The number of nitrogens with zero attached hydrogens (tertiary/aromatic N) is 3. The molecule has 182 valence electrons. The van der Waals surface area contributed by atoms with Crippen molar-refractivity contribution in [3.05, 3.63) is 69.8 Å². The van der Waals surface area contributed by atoms with Gasteiger partial charge in [0.25, 0.3) is 0 Å². The van der Waals surface area contributed by atoms with Crippen molar-refractivity contribution < 1.29 is 19.1 Å². The first-order valence-corrected chi connectivity index (χ1v) is 11.7. The molecule has 1 aliphatic carbocycles. The maximum absolute atomic E-state index is 15.1. The van der Waals surface area contributed by atoms with Crippen LogP contribution in [-0.4, -0.2) is 51.7 Å². The summed E-state index contributed by atoms with van der Waals surface area (Å²) in [7, 11) is 0. The van der Waals surface area contributed by atoms with E-state index < -0.39 is 28.8 Å². The largest absolute Gasteiger partial charge is 0.477 e. The SMILES string of the molecule is NC(Cc1ccccc1)C(=O)NC1CCN(c2nc3c(cc2F)c(=O)c(C(=O)O)cn3C2CC2)C1. The molecule has 0 spiro atoms. The van der Waals surface area contributed by atoms with Crippen LogP contribution in [0.25, 0.3) is 11.0 Å². The van der Waals surface area contributed by atoms with Crippen LogP contribution in [0.4, 0.5) is 10.2 Å². The van der Waals surface area contributed by atoms with E-state index in [9.17, 15) is 19.5 Å². The van der Waals surface area contributed by atoms with E-state index in [2.05, 4.69) is 10.3 Å². The third-order valence-electron chi connectivity index (χ3n) is 6.58. The third kappa shape index (κ3) is 4.61. The second kappa shape index (κ2) is 9.10. The quantitative estimate of drug-likeness (QED) is 0.471. The van der Waals surface area contributed by atoms with E-state index in [1.165, 1.54) is 6.20 Å². The summed E-state index contributed by atoms with van der Waals surface area (Å²) in [6.07, 6.45) is 4.00. The van der Waals surface area contributed by atoms with Gasteiger partial charge in [-0.1, -0.05) is 30.3 Å². The minimum atomic E-state index is -1.35. The number of benzene rings is 1. The Morgan fingerprint density at radius 1 is 1.23 bits per heavy atom. The van der Waals surface area contributed by atoms with Gasteiger partial charge in [-0.3, -0.25) is 9.59 Å². The summed E-state index contributed by atoms with van der Waals surface area (Å²) in [5, 5.41) is 12.3. The van der Waals surface area contributed by atoms with Crippen molar-refractivity contribution in [2.45, 2.75) is 43.8 Å². The Morgan fingerprint density at radius 3 is 2.66 bits per heavy atom. The van der Waals surface area contributed by atoms with Crippen LogP contribution in [0.15, 0.2) is 47.4 Å². The number of rotatable bonds is 7. The topological polar surface area (TPSA) is 131 Å². The van der Waals surface area contributed by atoms with Gasteiger partial charge in [-0.25, -0.2) is 14.2 Å². The van der Waals surface area contributed by atoms with Gasteiger partial charge in [-0.05, 0) is 37.3 Å². The van der Waals surface area contributed by atoms with E-state index in [0.717, 1.165) is 24.5 Å². The van der Waals surface area contributed by atoms with Crippen LogP contribution >= 0.6 is 0 Å². The summed E-state index contributed by atoms with van der Waals surface area (Å²) in [6, 6.07) is 9.72. The Morgan fingerprint density at radius 2 is 1.97 bits per heavy atom. The number of aromatic nitrogens is 2. The second-order valence-electron chi connectivity index (χ2n) is 9.22. The van der Waals surface area contributed by atoms with E-state index in [4.69, 9.17) is 5.73 Å². The first kappa shape index (κ1) is 23.0. The fourth-order valence-corrected chi connectivity index (χ4v) is 4.58. The lowest BCUT2D eigenvalue weighted by Gasteiger charge is -2.21. The number of carbonyl (C=O) groups excluding carboxylic acids is 1. The van der Waals surface area contributed by atoms with Crippen LogP contribution in [0.2, 0.25) is 0 Å². The molecule has 2 aliphatic rings. The minimum Gasteiger partial charge on any atom is -0.477 e. The molecular weight excluding hydrogens is 453 g/mol. The van der Waals surface area contributed by atoms with Crippen LogP contribution in [0.1, 0.15) is 41.2 Å². The smallest absolute Gasteiger partial charge is 0.341 e. The molecule has 1 amide bonds. The molecule has 2 aromatic heterocycles. The average molecular weight is 480 g/mol. The highest BCUT2D eigenvalue weighted by atomic mass is 19.1. The summed E-state index contributed by atoms with van der Waals surface area (Å²) >= 11 is 0. The summed E-state index contributed by atoms with van der Waals surface area (Å²) in [6.45, 7) is 0.815. The maximum atomic E-state index is 15.1. The van der Waals surface area contributed by atoms with Crippen molar-refractivity contribution in [2.75, 3.05) is 18.0 Å². The first-order chi connectivity index (χ1) is 16.8. The van der Waals surface area contributed by atoms with Crippen molar-refractivity contribution in [1.29, 1.82) is 0 Å². The van der Waals surface area contributed by atoms with E-state index >= 15 is 4.39 Å². The molecule has 9 nitrogen and oxygen atoms in total. The Hall–Kier alpha value is -3.79. The van der Waals surface area contributed by atoms with Crippen LogP contribution in [0.3, 0.4) is 0 Å². The van der Waals surface area contributed by atoms with Crippen LogP contribution in [0.5, 0.6) is 0 Å². The molecular formula is C25H26FN5O4. The van der Waals surface area contributed by atoms with E-state index in [-0.39, 0.29) is 34.8 Å². The molecule has 2 unspecified atom stereocenters. The zero-order chi connectivity index (χ0) is 24.7. The van der Waals surface area contributed by atoms with Gasteiger partial charge in [0.05, 0.1) is 11.4 Å². The highest BCUT2D eigenvalue weighted by Gasteiger charge is 2.31. The van der Waals surface area contributed by atoms with Crippen molar-refractivity contribution in [1.82, 2.24) is 14.9 Å². The summed E-state index contributed by atoms with van der Waals surface area (Å²) < 4.78 is 16.8. The number of aromatic carboxylic acids is 1. The fourth-order valence-electron chi connectivity index (χ4n) is 4.58. The normalized spacial score (nSPS) is 18.6. The molecule has 1 saturated carbocycles. The van der Waals surface area contributed by atoms with Gasteiger partial charge in [-0.15, -0.1) is 0 Å². The molecule has 35 heavy (non-hydrogen) atoms. The predicted molar refractivity (Wildman–Crippen MR) is 128 cm³/mol. The molecule has 5 rings (SSSR count). The molecule has 0 bridgehead atoms. The van der Waals surface area contributed by atoms with Gasteiger partial charge < -0.3 is 25.6 Å². The summed E-state index contributed by atoms with van der Waals surface area (Å²) in [4.78, 5) is 43.0. The molecule has 4 N–H and O–H groups in total. The van der Waals surface area contributed by atoms with Crippen molar-refractivity contribution in [3.8, 4) is 0 Å². The van der Waals surface area contributed by atoms with Gasteiger partial charge in [-0.2, -0.15) is 0 Å². The molecule has 2 fully saturated rings. The average Bonchev–Trinajstić information content (AvgIpc) is 3.58. The Bertz CT molecular complexity index is 1360. The van der Waals surface area contributed by atoms with Crippen LogP contribution in [-0.2, 0) is 11.2 Å². The molecule has 3 heterocycles. The van der Waals surface area contributed by atoms with Crippen LogP contribution < -0.4 is 21.4 Å². The molecule has 0 radical (unpaired) electrons. The number of hydrogen-bond acceptors (Lipinski definition) is 6. The van der Waals surface area contributed by atoms with E-state index in [1.807, 2.05) is 30.3 Å². The van der Waals surface area contributed by atoms with Gasteiger partial charge in [0.2, 0.25) is 11.3 Å². The number of carbonyl (C=O) groups is 2. The number of amides is 1. The number of carboxylic acids is 1. The van der Waals surface area contributed by atoms with Gasteiger partial charge >= 0.3 is 5.97 Å². The number of fused-ring (bicyclic) bond motifs is 1. The summed E-state index contributed by atoms with van der Waals surface area (Å²) in [5.41, 5.74) is 6.19. The van der Waals surface area contributed by atoms with E-state index in [0.29, 0.717) is 25.9 Å². The van der Waals surface area contributed by atoms with E-state index in [1.54, 1.807) is 9.47 Å². The summed E-state index contributed by atoms with van der Waals surface area (Å²) in [5.74, 6) is -2.23. The number of nitrogens with two attached hydrogens (primary N) is 1. The van der Waals surface area contributed by atoms with Crippen molar-refractivity contribution >= 4 is 28.7 Å². The van der Waals surface area contributed by atoms with Crippen LogP contribution in [0, 0.1) is 5.82 Å². The minimum absolute atomic E-state index is 0.0405. The molecule has 2 atom stereocenters. The number of anilines is 1. The standard InChI is InChI=1S/C25H26FN5O4/c26-19-11-17-21(32)18(25(34)35)13-31(16-6-7-16)22(17)29-23(19)30-9-8-15(12-30)28-24(33)20(27)10-14-4-2-1-3-5-14/h1-5,11,13,15-16,20H,6-10,12,27H2,(H,28,33)(H,34,35). The molecule has 3 aromatic rings. The van der Waals surface area contributed by atoms with Crippen molar-refractivity contribution in [3.63, 3.8) is 0 Å². The molecule has 1 saturated heterocycles. The lowest BCUT2D eigenvalue weighted by Crippen LogP contribution is -2.47. The predicted octanol–water partition coefficient (Wildman–Crippen LogP) is 1.83. The lowest BCUT2D eigenvalue weighted by molar-refractivity contribution is -0.122. The van der Waals surface area contributed by atoms with Gasteiger partial charge in [0.15, 0.2) is 11.6 Å². The third-order valence-corrected chi connectivity index (χ3v) is 6.58. The number of halogens is 1. The molecule has 1 aliphatic heterocycles. The second-order valence-corrected chi connectivity index (χ2v) is 9.22. The fraction of sp³-hybridized carbons (Fsp3) is 0.360. The van der Waals surface area contributed by atoms with Gasteiger partial charge in [0.1, 0.15) is 11.2 Å². The monoisotopic (exact) mass is 479 g/mol. The lowest BCUT2D eigenvalue weighted by atomic mass is 10.1. The Labute approximate surface area is 200 Å². The Balaban J connectivity index is 1.35. The zero-order valence-corrected chi connectivity index (χ0v) is 19.0. The number of nitrogens with one attached hydrogen (secondary N) is 1. The zero-order valence-electron chi connectivity index (χ0n) is 19.0. The number of carboxylic acid groups (broad SMARTS) is 1. The van der Waals surface area contributed by atoms with Crippen molar-refractivity contribution in [2.24, 2.45) is 5.73 Å². The number of pyridine rings is 2. The number of hydrogen-bond donors (Lipinski definition) is 3. The van der Waals surface area contributed by atoms with Gasteiger partial charge in [0, 0.05) is 31.4 Å². The maximum Gasteiger partial charge on any atom is 0.341 e. The molecule has 10 heteroatoms. The highest BCUT2D eigenvalue weighted by Crippen LogP contribution is 2.37. The molecule has 1 aromatic carbocycles. The Kier molecular flexibility index (Phi) is 5.98. The first-order valence-electron chi connectivity index (χ1n) is 11.7.